The van der Waals surface area contributed by atoms with Crippen LogP contribution in [-0.2, 0) is 27.2 Å². The Bertz CT molecular complexity index is 442. The zero-order valence-corrected chi connectivity index (χ0v) is 11.9. The van der Waals surface area contributed by atoms with E-state index in [9.17, 15) is 9.59 Å². The van der Waals surface area contributed by atoms with Gasteiger partial charge in [-0.25, -0.2) is 4.79 Å². The molecular weight excluding hydrogens is 258 g/mol. The molecule has 0 aliphatic heterocycles. The Morgan fingerprint density at radius 2 is 1.85 bits per heavy atom. The van der Waals surface area contributed by atoms with Crippen LogP contribution in [0.2, 0.25) is 0 Å². The van der Waals surface area contributed by atoms with E-state index >= 15 is 0 Å². The minimum Gasteiger partial charge on any atom is -0.480 e. The molecule has 0 bridgehead atoms. The van der Waals surface area contributed by atoms with E-state index in [1.165, 1.54) is 12.7 Å². The number of methoxy groups -OCH3 is 1. The fourth-order valence-corrected chi connectivity index (χ4v) is 1.82. The Morgan fingerprint density at radius 1 is 1.25 bits per heavy atom. The number of nitrogens with one attached hydrogen (secondary N) is 1. The maximum Gasteiger partial charge on any atom is 0.326 e. The smallest absolute Gasteiger partial charge is 0.326 e. The topological polar surface area (TPSA) is 75.6 Å². The molecule has 0 aliphatic carbocycles. The quantitative estimate of drug-likeness (QED) is 0.754. The van der Waals surface area contributed by atoms with Crippen molar-refractivity contribution < 1.29 is 19.4 Å². The Hall–Kier alpha value is -1.88. The van der Waals surface area contributed by atoms with Crippen LogP contribution in [-0.4, -0.2) is 36.7 Å². The monoisotopic (exact) mass is 279 g/mol. The van der Waals surface area contributed by atoms with Crippen molar-refractivity contribution in [3.05, 3.63) is 35.4 Å². The lowest BCUT2D eigenvalue weighted by molar-refractivity contribution is -0.142. The molecule has 0 spiro atoms. The Kier molecular flexibility index (Phi) is 6.73. The van der Waals surface area contributed by atoms with Gasteiger partial charge in [0.25, 0.3) is 0 Å². The first-order valence-corrected chi connectivity index (χ1v) is 6.65. The Morgan fingerprint density at radius 3 is 2.35 bits per heavy atom. The molecule has 110 valence electrons. The Balaban J connectivity index is 2.53. The molecule has 5 heteroatoms. The van der Waals surface area contributed by atoms with Crippen LogP contribution in [0.15, 0.2) is 24.3 Å². The number of aryl methyl sites for hydroxylation is 1. The van der Waals surface area contributed by atoms with E-state index in [2.05, 4.69) is 12.2 Å². The predicted molar refractivity (Wildman–Crippen MR) is 75.6 cm³/mol. The third-order valence-electron chi connectivity index (χ3n) is 3.04. The molecule has 5 nitrogen and oxygen atoms in total. The highest BCUT2D eigenvalue weighted by atomic mass is 16.5. The van der Waals surface area contributed by atoms with Gasteiger partial charge in [0.15, 0.2) is 0 Å². The second-order valence-corrected chi connectivity index (χ2v) is 4.59. The molecule has 0 fully saturated rings. The first-order valence-electron chi connectivity index (χ1n) is 6.65. The molecule has 0 saturated heterocycles. The Labute approximate surface area is 118 Å². The molecule has 0 radical (unpaired) electrons. The molecule has 1 rings (SSSR count). The van der Waals surface area contributed by atoms with Crippen molar-refractivity contribution in [1.82, 2.24) is 5.32 Å². The van der Waals surface area contributed by atoms with Crippen molar-refractivity contribution in [3.63, 3.8) is 0 Å². The van der Waals surface area contributed by atoms with Gasteiger partial charge in [-0.3, -0.25) is 4.79 Å². The number of aliphatic carboxylic acids is 1. The van der Waals surface area contributed by atoms with Gasteiger partial charge in [0.2, 0.25) is 5.91 Å². The summed E-state index contributed by atoms with van der Waals surface area (Å²) in [4.78, 5) is 22.8. The van der Waals surface area contributed by atoms with Crippen LogP contribution in [0, 0.1) is 0 Å². The summed E-state index contributed by atoms with van der Waals surface area (Å²) in [6, 6.07) is 6.83. The largest absolute Gasteiger partial charge is 0.480 e. The van der Waals surface area contributed by atoms with Crippen molar-refractivity contribution in [3.8, 4) is 0 Å². The van der Waals surface area contributed by atoms with Crippen LogP contribution in [0.5, 0.6) is 0 Å². The second-order valence-electron chi connectivity index (χ2n) is 4.59. The molecule has 1 unspecified atom stereocenters. The van der Waals surface area contributed by atoms with Crippen LogP contribution < -0.4 is 5.32 Å². The summed E-state index contributed by atoms with van der Waals surface area (Å²) in [6.45, 7) is 2.36. The number of carbonyl (C=O) groups is 2. The van der Waals surface area contributed by atoms with Crippen molar-refractivity contribution in [2.45, 2.75) is 32.2 Å². The first-order chi connectivity index (χ1) is 9.56. The summed E-state index contributed by atoms with van der Waals surface area (Å²) in [6.07, 6.45) is 1.39. The molecule has 0 heterocycles. The third-order valence-corrected chi connectivity index (χ3v) is 3.04. The summed E-state index contributed by atoms with van der Waals surface area (Å²) in [7, 11) is 1.50. The molecule has 1 atom stereocenters. The minimum atomic E-state index is -1.04. The number of hydrogen-bond donors (Lipinski definition) is 2. The number of benzene rings is 1. The number of hydrogen-bond acceptors (Lipinski definition) is 3. The number of carboxylic acids is 1. The number of amides is 1. The normalized spacial score (nSPS) is 11.9. The van der Waals surface area contributed by atoms with E-state index in [0.717, 1.165) is 12.0 Å². The zero-order valence-electron chi connectivity index (χ0n) is 11.9. The van der Waals surface area contributed by atoms with Crippen molar-refractivity contribution in [1.29, 1.82) is 0 Å². The molecule has 2 N–H and O–H groups in total. The highest BCUT2D eigenvalue weighted by Gasteiger charge is 2.19. The average Bonchev–Trinajstić information content (AvgIpc) is 2.44. The van der Waals surface area contributed by atoms with Crippen molar-refractivity contribution >= 4 is 11.9 Å². The standard InChI is InChI=1S/C15H21NO4/c1-3-11-4-6-12(7-5-11)10-14(17)16-13(15(18)19)8-9-20-2/h4-7,13H,3,8-10H2,1-2H3,(H,16,17)(H,18,19). The van der Waals surface area contributed by atoms with E-state index in [1.54, 1.807) is 0 Å². The van der Waals surface area contributed by atoms with E-state index in [4.69, 9.17) is 9.84 Å². The lowest BCUT2D eigenvalue weighted by atomic mass is 10.1. The SMILES string of the molecule is CCc1ccc(CC(=O)NC(CCOC)C(=O)O)cc1. The van der Waals surface area contributed by atoms with Crippen LogP contribution in [0.4, 0.5) is 0 Å². The maximum atomic E-state index is 11.8. The minimum absolute atomic E-state index is 0.181. The molecule has 20 heavy (non-hydrogen) atoms. The lowest BCUT2D eigenvalue weighted by Gasteiger charge is -2.14. The van der Waals surface area contributed by atoms with Gasteiger partial charge in [-0.05, 0) is 17.5 Å². The predicted octanol–water partition coefficient (Wildman–Crippen LogP) is 1.40. The molecule has 1 aromatic carbocycles. The van der Waals surface area contributed by atoms with Crippen LogP contribution >= 0.6 is 0 Å². The highest BCUT2D eigenvalue weighted by Crippen LogP contribution is 2.06. The number of rotatable bonds is 8. The van der Waals surface area contributed by atoms with E-state index in [1.807, 2.05) is 24.3 Å². The van der Waals surface area contributed by atoms with Crippen LogP contribution in [0.3, 0.4) is 0 Å². The van der Waals surface area contributed by atoms with Gasteiger partial charge in [-0.2, -0.15) is 0 Å². The summed E-state index contributed by atoms with van der Waals surface area (Å²) < 4.78 is 4.83. The van der Waals surface area contributed by atoms with Gasteiger partial charge in [0, 0.05) is 20.1 Å². The average molecular weight is 279 g/mol. The van der Waals surface area contributed by atoms with Gasteiger partial charge >= 0.3 is 5.97 Å². The van der Waals surface area contributed by atoms with Gasteiger partial charge in [-0.1, -0.05) is 31.2 Å². The molecule has 1 aromatic rings. The van der Waals surface area contributed by atoms with Crippen LogP contribution in [0.25, 0.3) is 0 Å². The van der Waals surface area contributed by atoms with Crippen molar-refractivity contribution in [2.24, 2.45) is 0 Å². The fourth-order valence-electron chi connectivity index (χ4n) is 1.82. The van der Waals surface area contributed by atoms with Crippen molar-refractivity contribution in [2.75, 3.05) is 13.7 Å². The van der Waals surface area contributed by atoms with E-state index in [-0.39, 0.29) is 18.7 Å². The number of carbonyl (C=O) groups excluding carboxylic acids is 1. The molecule has 0 saturated carbocycles. The third kappa shape index (κ3) is 5.40. The van der Waals surface area contributed by atoms with Gasteiger partial charge in [0.1, 0.15) is 6.04 Å². The van der Waals surface area contributed by atoms with E-state index < -0.39 is 12.0 Å². The summed E-state index contributed by atoms with van der Waals surface area (Å²) in [5.41, 5.74) is 2.08. The first kappa shape index (κ1) is 16.2. The summed E-state index contributed by atoms with van der Waals surface area (Å²) in [5, 5.41) is 11.5. The molecule has 0 aliphatic rings. The maximum absolute atomic E-state index is 11.8. The van der Waals surface area contributed by atoms with Gasteiger partial charge in [-0.15, -0.1) is 0 Å². The number of carboxylic acid groups (broad SMARTS) is 1. The zero-order chi connectivity index (χ0) is 15.0. The fraction of sp³-hybridized carbons (Fsp3) is 0.467. The molecule has 1 amide bonds. The lowest BCUT2D eigenvalue weighted by Crippen LogP contribution is -2.42. The number of ether oxygens (including phenoxy) is 1. The van der Waals surface area contributed by atoms with Crippen LogP contribution in [0.1, 0.15) is 24.5 Å². The van der Waals surface area contributed by atoms with Gasteiger partial charge < -0.3 is 15.2 Å². The van der Waals surface area contributed by atoms with Gasteiger partial charge in [0.05, 0.1) is 6.42 Å². The second kappa shape index (κ2) is 8.32. The molecule has 0 aromatic heterocycles. The summed E-state index contributed by atoms with van der Waals surface area (Å²) >= 11 is 0. The highest BCUT2D eigenvalue weighted by molar-refractivity contribution is 5.84. The summed E-state index contributed by atoms with van der Waals surface area (Å²) in [5.74, 6) is -1.34. The van der Waals surface area contributed by atoms with E-state index in [0.29, 0.717) is 6.61 Å². The molecular formula is C15H21NO4.